The summed E-state index contributed by atoms with van der Waals surface area (Å²) in [4.78, 5) is 31.9. The van der Waals surface area contributed by atoms with Crippen LogP contribution in [0.1, 0.15) is 12.8 Å². The van der Waals surface area contributed by atoms with E-state index in [0.717, 1.165) is 20.7 Å². The van der Waals surface area contributed by atoms with E-state index in [1.807, 2.05) is 0 Å². The Hall–Kier alpha value is -5.52. The van der Waals surface area contributed by atoms with Crippen LogP contribution in [0.25, 0.3) is 0 Å². The molecule has 0 spiro atoms. The van der Waals surface area contributed by atoms with Gasteiger partial charge >= 0.3 is 12.1 Å². The van der Waals surface area contributed by atoms with Gasteiger partial charge in [0.25, 0.3) is 20.4 Å². The van der Waals surface area contributed by atoms with E-state index in [4.69, 9.17) is 9.47 Å². The first-order valence-corrected chi connectivity index (χ1v) is 20.5. The van der Waals surface area contributed by atoms with E-state index in [0.29, 0.717) is 37.3 Å². The van der Waals surface area contributed by atoms with Gasteiger partial charge in [-0.1, -0.05) is 0 Å². The highest BCUT2D eigenvalue weighted by Crippen LogP contribution is 2.27. The highest BCUT2D eigenvalue weighted by molar-refractivity contribution is 7.87. The van der Waals surface area contributed by atoms with Crippen molar-refractivity contribution in [3.8, 4) is 11.5 Å². The first-order valence-electron chi connectivity index (χ1n) is 17.7. The molecule has 0 unspecified atom stereocenters. The van der Waals surface area contributed by atoms with Gasteiger partial charge < -0.3 is 30.7 Å². The van der Waals surface area contributed by atoms with Gasteiger partial charge in [0.15, 0.2) is 0 Å². The summed E-state index contributed by atoms with van der Waals surface area (Å²) in [6.07, 6.45) is 6.25. The van der Waals surface area contributed by atoms with Gasteiger partial charge in [-0.05, 0) is 49.2 Å². The molecule has 2 aromatic carbocycles. The summed E-state index contributed by atoms with van der Waals surface area (Å²) in [5.74, 6) is -0.767. The number of aromatic nitrogens is 2. The quantitative estimate of drug-likeness (QED) is 0.160. The van der Waals surface area contributed by atoms with Crippen LogP contribution in [-0.2, 0) is 20.4 Å². The number of urea groups is 2. The maximum atomic E-state index is 14.0. The van der Waals surface area contributed by atoms with Gasteiger partial charge in [-0.3, -0.25) is 9.97 Å². The number of nitrogens with one attached hydrogen (secondary N) is 4. The van der Waals surface area contributed by atoms with Gasteiger partial charge in [0, 0.05) is 89.3 Å². The van der Waals surface area contributed by atoms with Crippen LogP contribution in [0.5, 0.6) is 11.5 Å². The fraction of sp³-hybridized carbons (Fsp3) is 0.333. The summed E-state index contributed by atoms with van der Waals surface area (Å²) in [5, 5.41) is 10.2. The third-order valence-corrected chi connectivity index (χ3v) is 12.3. The summed E-state index contributed by atoms with van der Waals surface area (Å²) in [6.45, 7) is 0.973. The summed E-state index contributed by atoms with van der Waals surface area (Å²) in [5.41, 5.74) is 1.39. The van der Waals surface area contributed by atoms with Gasteiger partial charge in [0.05, 0.1) is 36.9 Å². The molecule has 0 saturated carbocycles. The molecule has 0 aliphatic carbocycles. The predicted octanol–water partition coefficient (Wildman–Crippen LogP) is 4.25. The van der Waals surface area contributed by atoms with Crippen LogP contribution in [0.3, 0.4) is 0 Å². The molecule has 4 amide bonds. The van der Waals surface area contributed by atoms with Crippen LogP contribution in [0.4, 0.5) is 41.1 Å². The Morgan fingerprint density at radius 3 is 1.36 bits per heavy atom. The van der Waals surface area contributed by atoms with E-state index in [9.17, 15) is 35.2 Å². The molecule has 2 atom stereocenters. The zero-order valence-corrected chi connectivity index (χ0v) is 33.6. The first-order chi connectivity index (χ1) is 27.5. The summed E-state index contributed by atoms with van der Waals surface area (Å²) < 4.78 is 93.1. The molecule has 2 aliphatic heterocycles. The fourth-order valence-corrected chi connectivity index (χ4v) is 8.03. The van der Waals surface area contributed by atoms with E-state index in [-0.39, 0.29) is 36.0 Å². The maximum Gasteiger partial charge on any atom is 0.323 e. The molecule has 22 heteroatoms. The third kappa shape index (κ3) is 12.2. The average molecular weight is 847 g/mol. The molecule has 0 bridgehead atoms. The number of benzene rings is 2. The van der Waals surface area contributed by atoms with Crippen molar-refractivity contribution in [1.82, 2.24) is 27.2 Å². The Bertz CT molecular complexity index is 2100. The summed E-state index contributed by atoms with van der Waals surface area (Å²) >= 11 is 0. The van der Waals surface area contributed by atoms with Crippen molar-refractivity contribution >= 4 is 55.2 Å². The van der Waals surface area contributed by atoms with Crippen molar-refractivity contribution in [2.45, 2.75) is 25.0 Å². The van der Waals surface area contributed by atoms with E-state index in [2.05, 4.69) is 31.2 Å². The minimum absolute atomic E-state index is 0.168. The van der Waals surface area contributed by atoms with Crippen LogP contribution in [0, 0.1) is 11.6 Å². The molecule has 2 saturated heterocycles. The molecule has 2 aliphatic rings. The largest absolute Gasteiger partial charge is 0.489 e. The number of pyridine rings is 2. The Kier molecular flexibility index (Phi) is 14.5. The lowest BCUT2D eigenvalue weighted by molar-refractivity contribution is 0.213. The average Bonchev–Trinajstić information content (AvgIpc) is 3.83. The van der Waals surface area contributed by atoms with Crippen molar-refractivity contribution in [2.75, 3.05) is 75.6 Å². The Labute approximate surface area is 335 Å². The molecule has 0 radical (unpaired) electrons. The summed E-state index contributed by atoms with van der Waals surface area (Å²) in [6, 6.07) is 13.2. The maximum absolute atomic E-state index is 14.0. The molecular weight excluding hydrogens is 803 g/mol. The Morgan fingerprint density at radius 1 is 0.638 bits per heavy atom. The second-order valence-electron chi connectivity index (χ2n) is 13.3. The highest BCUT2D eigenvalue weighted by atomic mass is 32.2. The monoisotopic (exact) mass is 846 g/mol. The smallest absolute Gasteiger partial charge is 0.323 e. The highest BCUT2D eigenvalue weighted by Gasteiger charge is 2.35. The molecule has 2 aromatic heterocycles. The topological polar surface area (TPSA) is 208 Å². The number of carbonyl (C=O) groups excluding carboxylic acids is 2. The normalized spacial score (nSPS) is 17.3. The molecule has 6 rings (SSSR count). The van der Waals surface area contributed by atoms with Crippen molar-refractivity contribution in [2.24, 2.45) is 0 Å². The molecule has 4 N–H and O–H groups in total. The lowest BCUT2D eigenvalue weighted by atomic mass is 10.2. The predicted molar refractivity (Wildman–Crippen MR) is 213 cm³/mol. The summed E-state index contributed by atoms with van der Waals surface area (Å²) in [7, 11) is -1.19. The molecule has 18 nitrogen and oxygen atoms in total. The van der Waals surface area contributed by atoms with E-state index < -0.39 is 56.3 Å². The molecule has 58 heavy (non-hydrogen) atoms. The van der Waals surface area contributed by atoms with Crippen LogP contribution >= 0.6 is 0 Å². The van der Waals surface area contributed by atoms with Crippen molar-refractivity contribution < 1.29 is 44.7 Å². The van der Waals surface area contributed by atoms with Crippen molar-refractivity contribution in [3.63, 3.8) is 0 Å². The zero-order chi connectivity index (χ0) is 42.0. The molecule has 4 heterocycles. The number of carbonyl (C=O) groups is 2. The number of ether oxygens (including phenoxy) is 2. The van der Waals surface area contributed by atoms with E-state index in [1.165, 1.54) is 73.5 Å². The molecule has 312 valence electrons. The third-order valence-electron chi connectivity index (χ3n) is 8.49. The standard InChI is InChI=1S/2C18H22FN5O4S/c2*1-23(2)29(26,27)24-7-5-16(12-24)28-17-9-13(19)8-15(10-17)22-18(25)21-14-4-3-6-20-11-14/h2*3-4,6,8-11,16H,5,7,12H2,1-2H3,(H2,21,22,25)/t2*16-/m11/s1. The van der Waals surface area contributed by atoms with Crippen LogP contribution in [0.2, 0.25) is 0 Å². The minimum Gasteiger partial charge on any atom is -0.489 e. The van der Waals surface area contributed by atoms with E-state index in [1.54, 1.807) is 36.7 Å². The van der Waals surface area contributed by atoms with Crippen LogP contribution < -0.4 is 30.7 Å². The Balaban J connectivity index is 0.000000221. The number of nitrogens with zero attached hydrogens (tertiary/aromatic N) is 6. The van der Waals surface area contributed by atoms with Gasteiger partial charge in [0.2, 0.25) is 0 Å². The second kappa shape index (κ2) is 19.3. The number of hydrogen-bond acceptors (Lipinski definition) is 10. The van der Waals surface area contributed by atoms with Gasteiger partial charge in [-0.2, -0.15) is 34.1 Å². The lowest BCUT2D eigenvalue weighted by Crippen LogP contribution is -2.39. The van der Waals surface area contributed by atoms with Crippen molar-refractivity contribution in [3.05, 3.63) is 97.1 Å². The van der Waals surface area contributed by atoms with Gasteiger partial charge in [-0.25, -0.2) is 18.4 Å². The molecular formula is C36H44F2N10O8S2. The van der Waals surface area contributed by atoms with Crippen molar-refractivity contribution in [1.29, 1.82) is 0 Å². The lowest BCUT2D eigenvalue weighted by Gasteiger charge is -2.21. The number of hydrogen-bond donors (Lipinski definition) is 4. The number of amides is 4. The first kappa shape index (κ1) is 43.6. The van der Waals surface area contributed by atoms with E-state index >= 15 is 0 Å². The Morgan fingerprint density at radius 2 is 1.02 bits per heavy atom. The number of rotatable bonds is 12. The fourth-order valence-electron chi connectivity index (χ4n) is 5.72. The second-order valence-corrected chi connectivity index (χ2v) is 17.6. The number of anilines is 4. The van der Waals surface area contributed by atoms with Crippen LogP contribution in [0.15, 0.2) is 85.5 Å². The SMILES string of the molecule is CN(C)S(=O)(=O)N1CC[C@@H](Oc2cc(F)cc(NC(=O)Nc3cccnc3)c2)C1.CN(C)S(=O)(=O)N1CC[C@@H](Oc2cc(F)cc(NC(=O)Nc3cccnc3)c2)C1. The molecule has 2 fully saturated rings. The minimum atomic E-state index is -3.52. The number of halogens is 2. The zero-order valence-electron chi connectivity index (χ0n) is 32.0. The molecule has 4 aromatic rings. The van der Waals surface area contributed by atoms with Crippen LogP contribution in [-0.4, -0.2) is 123 Å². The van der Waals surface area contributed by atoms with Gasteiger partial charge in [0.1, 0.15) is 35.3 Å². The van der Waals surface area contributed by atoms with Gasteiger partial charge in [-0.15, -0.1) is 0 Å².